The molecular formula is C19H21ClF3N5O3S. The van der Waals surface area contributed by atoms with E-state index < -0.39 is 21.8 Å². The summed E-state index contributed by atoms with van der Waals surface area (Å²) in [6, 6.07) is 3.23. The molecule has 0 radical (unpaired) electrons. The van der Waals surface area contributed by atoms with Gasteiger partial charge >= 0.3 is 12.2 Å². The van der Waals surface area contributed by atoms with E-state index >= 15 is 0 Å². The molecule has 4 rings (SSSR count). The van der Waals surface area contributed by atoms with Gasteiger partial charge in [-0.05, 0) is 35.6 Å². The normalized spacial score (nSPS) is 21.7. The van der Waals surface area contributed by atoms with E-state index in [0.29, 0.717) is 26.2 Å². The zero-order valence-electron chi connectivity index (χ0n) is 17.0. The van der Waals surface area contributed by atoms with E-state index in [0.717, 1.165) is 17.0 Å². The average molecular weight is 492 g/mol. The van der Waals surface area contributed by atoms with Gasteiger partial charge in [-0.15, -0.1) is 0 Å². The fraction of sp³-hybridized carbons (Fsp3) is 0.474. The Morgan fingerprint density at radius 1 is 1.22 bits per heavy atom. The monoisotopic (exact) mass is 491 g/mol. The van der Waals surface area contributed by atoms with Crippen LogP contribution in [0.4, 0.5) is 23.7 Å². The molecule has 2 aliphatic rings. The van der Waals surface area contributed by atoms with Gasteiger partial charge in [-0.3, -0.25) is 9.62 Å². The fourth-order valence-electron chi connectivity index (χ4n) is 4.43. The van der Waals surface area contributed by atoms with Gasteiger partial charge in [0.05, 0.1) is 29.9 Å². The number of halogens is 4. The van der Waals surface area contributed by atoms with Crippen molar-refractivity contribution in [2.24, 2.45) is 11.8 Å². The Labute approximate surface area is 188 Å². The van der Waals surface area contributed by atoms with Crippen molar-refractivity contribution in [3.8, 4) is 0 Å². The zero-order valence-corrected chi connectivity index (χ0v) is 18.6. The van der Waals surface area contributed by atoms with Gasteiger partial charge in [-0.25, -0.2) is 13.2 Å². The Kier molecular flexibility index (Phi) is 5.88. The van der Waals surface area contributed by atoms with Crippen LogP contribution in [0.2, 0.25) is 5.02 Å². The number of fused-ring (bicyclic) bond motifs is 1. The van der Waals surface area contributed by atoms with Crippen molar-refractivity contribution in [3.63, 3.8) is 0 Å². The number of nitrogens with zero attached hydrogens (tertiary/aromatic N) is 4. The first-order valence-electron chi connectivity index (χ1n) is 9.79. The number of hydrogen-bond donors (Lipinski definition) is 1. The van der Waals surface area contributed by atoms with Gasteiger partial charge in [-0.1, -0.05) is 11.6 Å². The SMILES string of the molecule is CS(=O)(=O)Nc1cnn(C(=O)N2CC3CN(Cc4cc(Cl)ccc4C(F)(F)F)CC3C2)c1. The van der Waals surface area contributed by atoms with Gasteiger partial charge in [0, 0.05) is 37.7 Å². The van der Waals surface area contributed by atoms with Crippen LogP contribution < -0.4 is 4.72 Å². The Hall–Kier alpha value is -2.31. The highest BCUT2D eigenvalue weighted by Gasteiger charge is 2.42. The van der Waals surface area contributed by atoms with Crippen LogP contribution in [0.15, 0.2) is 30.6 Å². The number of anilines is 1. The molecule has 2 unspecified atom stereocenters. The van der Waals surface area contributed by atoms with Crippen LogP contribution in [-0.2, 0) is 22.7 Å². The number of aromatic nitrogens is 2. The Morgan fingerprint density at radius 2 is 1.88 bits per heavy atom. The molecule has 13 heteroatoms. The molecule has 1 N–H and O–H groups in total. The highest BCUT2D eigenvalue weighted by Crippen LogP contribution is 2.36. The topological polar surface area (TPSA) is 87.5 Å². The Morgan fingerprint density at radius 3 is 2.47 bits per heavy atom. The molecule has 2 atom stereocenters. The highest BCUT2D eigenvalue weighted by molar-refractivity contribution is 7.92. The molecule has 3 heterocycles. The number of rotatable bonds is 4. The molecule has 0 aliphatic carbocycles. The summed E-state index contributed by atoms with van der Waals surface area (Å²) >= 11 is 5.92. The minimum atomic E-state index is -4.45. The maximum Gasteiger partial charge on any atom is 0.416 e. The Bertz CT molecular complexity index is 1120. The fourth-order valence-corrected chi connectivity index (χ4v) is 5.15. The first-order chi connectivity index (χ1) is 14.9. The van der Waals surface area contributed by atoms with Gasteiger partial charge < -0.3 is 4.90 Å². The van der Waals surface area contributed by atoms with Crippen molar-refractivity contribution in [1.29, 1.82) is 0 Å². The van der Waals surface area contributed by atoms with Gasteiger partial charge in [0.1, 0.15) is 0 Å². The van der Waals surface area contributed by atoms with Crippen LogP contribution in [0.1, 0.15) is 11.1 Å². The van der Waals surface area contributed by atoms with Crippen LogP contribution >= 0.6 is 11.6 Å². The summed E-state index contributed by atoms with van der Waals surface area (Å²) in [6.07, 6.45) is -0.892. The number of sulfonamides is 1. The molecule has 2 aliphatic heterocycles. The summed E-state index contributed by atoms with van der Waals surface area (Å²) in [5.41, 5.74) is -0.360. The molecule has 2 saturated heterocycles. The van der Waals surface area contributed by atoms with Crippen molar-refractivity contribution >= 4 is 33.3 Å². The summed E-state index contributed by atoms with van der Waals surface area (Å²) in [7, 11) is -3.48. The summed E-state index contributed by atoms with van der Waals surface area (Å²) in [4.78, 5) is 16.3. The summed E-state index contributed by atoms with van der Waals surface area (Å²) < 4.78 is 65.9. The second-order valence-electron chi connectivity index (χ2n) is 8.25. The molecule has 1 amide bonds. The first-order valence-corrected chi connectivity index (χ1v) is 12.1. The van der Waals surface area contributed by atoms with Crippen LogP contribution in [0, 0.1) is 11.8 Å². The van der Waals surface area contributed by atoms with Crippen molar-refractivity contribution in [2.45, 2.75) is 12.7 Å². The van der Waals surface area contributed by atoms with Crippen molar-refractivity contribution in [3.05, 3.63) is 46.7 Å². The molecule has 0 spiro atoms. The Balaban J connectivity index is 1.38. The van der Waals surface area contributed by atoms with Crippen LogP contribution in [0.5, 0.6) is 0 Å². The molecule has 32 heavy (non-hydrogen) atoms. The lowest BCUT2D eigenvalue weighted by molar-refractivity contribution is -0.138. The number of hydrogen-bond acceptors (Lipinski definition) is 5. The van der Waals surface area contributed by atoms with Gasteiger partial charge in [0.25, 0.3) is 0 Å². The van der Waals surface area contributed by atoms with Gasteiger partial charge in [0.2, 0.25) is 10.0 Å². The quantitative estimate of drug-likeness (QED) is 0.710. The first kappa shape index (κ1) is 22.9. The maximum atomic E-state index is 13.3. The van der Waals surface area contributed by atoms with E-state index in [1.165, 1.54) is 24.5 Å². The van der Waals surface area contributed by atoms with Crippen LogP contribution in [-0.4, -0.2) is 66.5 Å². The summed E-state index contributed by atoms with van der Waals surface area (Å²) in [5.74, 6) is 0.272. The summed E-state index contributed by atoms with van der Waals surface area (Å²) in [5, 5.41) is 4.18. The van der Waals surface area contributed by atoms with Gasteiger partial charge in [0.15, 0.2) is 0 Å². The predicted molar refractivity (Wildman–Crippen MR) is 112 cm³/mol. The minimum Gasteiger partial charge on any atom is -0.322 e. The van der Waals surface area contributed by atoms with E-state index in [9.17, 15) is 26.4 Å². The lowest BCUT2D eigenvalue weighted by Gasteiger charge is -2.23. The third-order valence-electron chi connectivity index (χ3n) is 5.68. The maximum absolute atomic E-state index is 13.3. The number of alkyl halides is 3. The zero-order chi connectivity index (χ0) is 23.3. The van der Waals surface area contributed by atoms with Crippen LogP contribution in [0.3, 0.4) is 0 Å². The van der Waals surface area contributed by atoms with E-state index in [1.807, 2.05) is 4.90 Å². The van der Waals surface area contributed by atoms with E-state index in [2.05, 4.69) is 9.82 Å². The predicted octanol–water partition coefficient (Wildman–Crippen LogP) is 2.96. The molecule has 8 nitrogen and oxygen atoms in total. The number of amides is 1. The summed E-state index contributed by atoms with van der Waals surface area (Å²) in [6.45, 7) is 2.18. The standard InChI is InChI=1S/C19H21ClF3N5O3S/c1-32(30,31)25-16-5-24-28(11-16)18(29)27-9-13-7-26(8-14(13)10-27)6-12-4-15(20)2-3-17(12)19(21,22)23/h2-5,11,13-14,25H,6-10H2,1H3. The van der Waals surface area contributed by atoms with Crippen molar-refractivity contribution in [2.75, 3.05) is 37.2 Å². The molecular weight excluding hydrogens is 471 g/mol. The van der Waals surface area contributed by atoms with E-state index in [4.69, 9.17) is 11.6 Å². The molecule has 0 saturated carbocycles. The van der Waals surface area contributed by atoms with Crippen molar-refractivity contribution < 1.29 is 26.4 Å². The molecule has 2 aromatic rings. The minimum absolute atomic E-state index is 0.135. The largest absolute Gasteiger partial charge is 0.416 e. The molecule has 1 aromatic heterocycles. The average Bonchev–Trinajstić information content (AvgIpc) is 3.33. The van der Waals surface area contributed by atoms with E-state index in [-0.39, 0.29) is 40.7 Å². The van der Waals surface area contributed by atoms with Crippen molar-refractivity contribution in [1.82, 2.24) is 19.6 Å². The smallest absolute Gasteiger partial charge is 0.322 e. The van der Waals surface area contributed by atoms with E-state index in [1.54, 1.807) is 4.90 Å². The lowest BCUT2D eigenvalue weighted by atomic mass is 10.0. The number of carbonyl (C=O) groups is 1. The van der Waals surface area contributed by atoms with Crippen LogP contribution in [0.25, 0.3) is 0 Å². The second kappa shape index (κ2) is 8.23. The number of carbonyl (C=O) groups excluding carboxylic acids is 1. The molecule has 1 aromatic carbocycles. The molecule has 2 fully saturated rings. The molecule has 174 valence electrons. The van der Waals surface area contributed by atoms with Gasteiger partial charge in [-0.2, -0.15) is 23.0 Å². The molecule has 0 bridgehead atoms. The second-order valence-corrected chi connectivity index (χ2v) is 10.4. The number of benzene rings is 1. The highest BCUT2D eigenvalue weighted by atomic mass is 35.5. The number of likely N-dealkylation sites (tertiary alicyclic amines) is 2. The third-order valence-corrected chi connectivity index (χ3v) is 6.52. The number of nitrogens with one attached hydrogen (secondary N) is 1. The lowest BCUT2D eigenvalue weighted by Crippen LogP contribution is -2.36. The third kappa shape index (κ3) is 5.02.